The number of anilines is 1. The second-order valence-electron chi connectivity index (χ2n) is 4.47. The second-order valence-corrected chi connectivity index (χ2v) is 4.47. The van der Waals surface area contributed by atoms with Crippen molar-refractivity contribution in [2.24, 2.45) is 0 Å². The van der Waals surface area contributed by atoms with Gasteiger partial charge in [0.25, 0.3) is 0 Å². The van der Waals surface area contributed by atoms with Crippen LogP contribution in [0.3, 0.4) is 0 Å². The van der Waals surface area contributed by atoms with Crippen LogP contribution >= 0.6 is 0 Å². The fraction of sp³-hybridized carbons (Fsp3) is 0.214. The molecular weight excluding hydrogens is 269 g/mol. The van der Waals surface area contributed by atoms with Crippen LogP contribution in [0.1, 0.15) is 28.4 Å². The molecule has 20 heavy (non-hydrogen) atoms. The van der Waals surface area contributed by atoms with Crippen LogP contribution in [-0.4, -0.2) is 10.1 Å². The molecule has 0 saturated heterocycles. The summed E-state index contributed by atoms with van der Waals surface area (Å²) >= 11 is 0. The molecule has 0 radical (unpaired) electrons. The average molecular weight is 282 g/mol. The van der Waals surface area contributed by atoms with Crippen LogP contribution in [0.15, 0.2) is 36.5 Å². The fourth-order valence-corrected chi connectivity index (χ4v) is 1.98. The number of aliphatic hydroxyl groups excluding tert-OH is 1. The molecular formula is C14H13F3N2O. The number of aryl methyl sites for hydroxylation is 1. The zero-order chi connectivity index (χ0) is 14.9. The predicted octanol–water partition coefficient (Wildman–Crippen LogP) is 3.07. The summed E-state index contributed by atoms with van der Waals surface area (Å²) in [4.78, 5) is 3.85. The Balaban J connectivity index is 2.54. The van der Waals surface area contributed by atoms with E-state index < -0.39 is 17.8 Å². The third-order valence-corrected chi connectivity index (χ3v) is 2.94. The van der Waals surface area contributed by atoms with E-state index in [1.54, 1.807) is 6.92 Å². The quantitative estimate of drug-likeness (QED) is 0.890. The van der Waals surface area contributed by atoms with Gasteiger partial charge in [-0.15, -0.1) is 0 Å². The first-order valence-electron chi connectivity index (χ1n) is 5.87. The Bertz CT molecular complexity index is 626. The number of nitrogens with zero attached hydrogens (tertiary/aromatic N) is 1. The van der Waals surface area contributed by atoms with Gasteiger partial charge in [-0.3, -0.25) is 0 Å². The number of pyridine rings is 1. The highest BCUT2D eigenvalue weighted by molar-refractivity contribution is 5.48. The minimum atomic E-state index is -4.54. The molecule has 0 bridgehead atoms. The molecule has 1 unspecified atom stereocenters. The van der Waals surface area contributed by atoms with E-state index in [0.29, 0.717) is 5.56 Å². The Morgan fingerprint density at radius 1 is 1.20 bits per heavy atom. The van der Waals surface area contributed by atoms with E-state index in [2.05, 4.69) is 4.98 Å². The number of hydrogen-bond acceptors (Lipinski definition) is 3. The van der Waals surface area contributed by atoms with Crippen molar-refractivity contribution >= 4 is 5.82 Å². The largest absolute Gasteiger partial charge is 0.416 e. The lowest BCUT2D eigenvalue weighted by Gasteiger charge is -2.18. The summed E-state index contributed by atoms with van der Waals surface area (Å²) in [6.45, 7) is 1.72. The minimum Gasteiger partial charge on any atom is -0.384 e. The molecule has 0 aliphatic carbocycles. The molecule has 3 N–H and O–H groups in total. The Kier molecular flexibility index (Phi) is 3.67. The number of alkyl halides is 3. The molecule has 0 spiro atoms. The standard InChI is InChI=1S/C14H13F3N2O/c1-8-6-10(13(18)19-7-8)12(20)9-4-2-3-5-11(9)14(15,16)17/h2-7,12,20H,1H3,(H2,18,19). The first-order chi connectivity index (χ1) is 9.30. The van der Waals surface area contributed by atoms with Gasteiger partial charge in [0, 0.05) is 11.8 Å². The number of aromatic nitrogens is 1. The smallest absolute Gasteiger partial charge is 0.384 e. The summed E-state index contributed by atoms with van der Waals surface area (Å²) in [5, 5.41) is 10.2. The van der Waals surface area contributed by atoms with Crippen LogP contribution in [0.2, 0.25) is 0 Å². The van der Waals surface area contributed by atoms with Crippen molar-refractivity contribution in [1.29, 1.82) is 0 Å². The SMILES string of the molecule is Cc1cnc(N)c(C(O)c2ccccc2C(F)(F)F)c1. The number of benzene rings is 1. The second kappa shape index (κ2) is 5.13. The molecule has 0 fully saturated rings. The van der Waals surface area contributed by atoms with Gasteiger partial charge in [0.2, 0.25) is 0 Å². The fourth-order valence-electron chi connectivity index (χ4n) is 1.98. The normalized spacial score (nSPS) is 13.2. The molecule has 1 atom stereocenters. The molecule has 3 nitrogen and oxygen atoms in total. The summed E-state index contributed by atoms with van der Waals surface area (Å²) in [6.07, 6.45) is -4.52. The van der Waals surface area contributed by atoms with Gasteiger partial charge in [0.15, 0.2) is 0 Å². The van der Waals surface area contributed by atoms with E-state index in [1.807, 2.05) is 0 Å². The molecule has 0 aliphatic rings. The van der Waals surface area contributed by atoms with Crippen molar-refractivity contribution in [2.45, 2.75) is 19.2 Å². The first kappa shape index (κ1) is 14.3. The lowest BCUT2D eigenvalue weighted by atomic mass is 9.96. The van der Waals surface area contributed by atoms with Crippen molar-refractivity contribution in [3.05, 3.63) is 58.8 Å². The molecule has 1 heterocycles. The van der Waals surface area contributed by atoms with Gasteiger partial charge in [-0.1, -0.05) is 18.2 Å². The Morgan fingerprint density at radius 3 is 2.50 bits per heavy atom. The number of aliphatic hydroxyl groups is 1. The average Bonchev–Trinajstić information content (AvgIpc) is 2.40. The predicted molar refractivity (Wildman–Crippen MR) is 68.9 cm³/mol. The lowest BCUT2D eigenvalue weighted by Crippen LogP contribution is -2.14. The van der Waals surface area contributed by atoms with Crippen LogP contribution in [0.25, 0.3) is 0 Å². The number of halogens is 3. The summed E-state index contributed by atoms with van der Waals surface area (Å²) in [7, 11) is 0. The van der Waals surface area contributed by atoms with Gasteiger partial charge in [0.1, 0.15) is 11.9 Å². The van der Waals surface area contributed by atoms with Crippen LogP contribution in [-0.2, 0) is 6.18 Å². The highest BCUT2D eigenvalue weighted by Crippen LogP contribution is 2.37. The van der Waals surface area contributed by atoms with Gasteiger partial charge in [0.05, 0.1) is 5.56 Å². The van der Waals surface area contributed by atoms with E-state index in [-0.39, 0.29) is 16.9 Å². The highest BCUT2D eigenvalue weighted by Gasteiger charge is 2.35. The van der Waals surface area contributed by atoms with Crippen molar-refractivity contribution in [3.63, 3.8) is 0 Å². The maximum Gasteiger partial charge on any atom is 0.416 e. The number of nitrogen functional groups attached to an aromatic ring is 1. The third kappa shape index (κ3) is 2.75. The van der Waals surface area contributed by atoms with E-state index in [1.165, 1.54) is 30.5 Å². The first-order valence-corrected chi connectivity index (χ1v) is 5.87. The maximum absolute atomic E-state index is 12.9. The number of hydrogen-bond donors (Lipinski definition) is 2. The summed E-state index contributed by atoms with van der Waals surface area (Å²) < 4.78 is 38.8. The molecule has 106 valence electrons. The maximum atomic E-state index is 12.9. The van der Waals surface area contributed by atoms with Crippen molar-refractivity contribution in [3.8, 4) is 0 Å². The zero-order valence-electron chi connectivity index (χ0n) is 10.6. The van der Waals surface area contributed by atoms with Gasteiger partial charge in [-0.05, 0) is 30.2 Å². The Hall–Kier alpha value is -2.08. The lowest BCUT2D eigenvalue weighted by molar-refractivity contribution is -0.139. The van der Waals surface area contributed by atoms with Crippen molar-refractivity contribution in [2.75, 3.05) is 5.73 Å². The van der Waals surface area contributed by atoms with Gasteiger partial charge in [-0.2, -0.15) is 13.2 Å². The van der Waals surface area contributed by atoms with E-state index >= 15 is 0 Å². The van der Waals surface area contributed by atoms with Gasteiger partial charge < -0.3 is 10.8 Å². The molecule has 0 aliphatic heterocycles. The third-order valence-electron chi connectivity index (χ3n) is 2.94. The van der Waals surface area contributed by atoms with Crippen molar-refractivity contribution < 1.29 is 18.3 Å². The zero-order valence-corrected chi connectivity index (χ0v) is 10.6. The molecule has 2 aromatic rings. The monoisotopic (exact) mass is 282 g/mol. The summed E-state index contributed by atoms with van der Waals surface area (Å²) in [5.41, 5.74) is 5.39. The molecule has 0 saturated carbocycles. The molecule has 2 rings (SSSR count). The van der Waals surface area contributed by atoms with Crippen LogP contribution in [0.5, 0.6) is 0 Å². The van der Waals surface area contributed by atoms with Gasteiger partial charge >= 0.3 is 6.18 Å². The van der Waals surface area contributed by atoms with Crippen molar-refractivity contribution in [1.82, 2.24) is 4.98 Å². The highest BCUT2D eigenvalue weighted by atomic mass is 19.4. The summed E-state index contributed by atoms with van der Waals surface area (Å²) in [6, 6.07) is 6.40. The number of nitrogens with two attached hydrogens (primary N) is 1. The summed E-state index contributed by atoms with van der Waals surface area (Å²) in [5.74, 6) is 0.0140. The van der Waals surface area contributed by atoms with Crippen LogP contribution in [0, 0.1) is 6.92 Å². The van der Waals surface area contributed by atoms with E-state index in [0.717, 1.165) is 6.07 Å². The molecule has 1 aromatic heterocycles. The van der Waals surface area contributed by atoms with E-state index in [9.17, 15) is 18.3 Å². The van der Waals surface area contributed by atoms with Crippen LogP contribution < -0.4 is 5.73 Å². The number of rotatable bonds is 2. The Morgan fingerprint density at radius 2 is 1.85 bits per heavy atom. The van der Waals surface area contributed by atoms with Gasteiger partial charge in [-0.25, -0.2) is 4.98 Å². The topological polar surface area (TPSA) is 59.1 Å². The van der Waals surface area contributed by atoms with Crippen LogP contribution in [0.4, 0.5) is 19.0 Å². The van der Waals surface area contributed by atoms with E-state index in [4.69, 9.17) is 5.73 Å². The Labute approximate surface area is 113 Å². The minimum absolute atomic E-state index is 0.0140. The molecule has 6 heteroatoms. The molecule has 1 aromatic carbocycles. The molecule has 0 amide bonds.